The molecule has 1 aromatic heterocycles. The maximum atomic E-state index is 13.2. The highest BCUT2D eigenvalue weighted by molar-refractivity contribution is 7.91. The van der Waals surface area contributed by atoms with E-state index in [4.69, 9.17) is 4.42 Å². The molecule has 1 amide bonds. The number of halogens is 1. The SMILES string of the molecule is O=C(NC[C@@H](c1ccco1)S(=O)(=O)c1ccc(F)cc1)c1ccc([N+](=O)[O-])cc1. The van der Waals surface area contributed by atoms with Crippen molar-refractivity contribution in [2.24, 2.45) is 0 Å². The van der Waals surface area contributed by atoms with E-state index in [1.807, 2.05) is 0 Å². The van der Waals surface area contributed by atoms with Gasteiger partial charge in [0.1, 0.15) is 16.8 Å². The number of hydrogen-bond acceptors (Lipinski definition) is 6. The van der Waals surface area contributed by atoms with Crippen molar-refractivity contribution < 1.29 is 26.9 Å². The second kappa shape index (κ2) is 8.23. The summed E-state index contributed by atoms with van der Waals surface area (Å²) in [5.41, 5.74) is -0.0399. The molecule has 0 radical (unpaired) electrons. The molecule has 0 aliphatic carbocycles. The van der Waals surface area contributed by atoms with Crippen LogP contribution in [0.1, 0.15) is 21.4 Å². The second-order valence-corrected chi connectivity index (χ2v) is 8.15. The minimum Gasteiger partial charge on any atom is -0.468 e. The standard InChI is InChI=1S/C19H15FN2O6S/c20-14-5-9-16(10-6-14)29(26,27)18(17-2-1-11-28-17)12-21-19(23)13-3-7-15(8-4-13)22(24)25/h1-11,18H,12H2,(H,21,23)/t18-/m0/s1. The van der Waals surface area contributed by atoms with Crippen molar-refractivity contribution >= 4 is 21.4 Å². The van der Waals surface area contributed by atoms with Crippen LogP contribution < -0.4 is 5.32 Å². The highest BCUT2D eigenvalue weighted by atomic mass is 32.2. The Labute approximate surface area is 165 Å². The normalized spacial score (nSPS) is 12.3. The number of nitrogens with one attached hydrogen (secondary N) is 1. The molecule has 29 heavy (non-hydrogen) atoms. The van der Waals surface area contributed by atoms with E-state index in [9.17, 15) is 27.7 Å². The first kappa shape index (κ1) is 20.2. The van der Waals surface area contributed by atoms with Crippen LogP contribution in [0.5, 0.6) is 0 Å². The van der Waals surface area contributed by atoms with Gasteiger partial charge in [0.05, 0.1) is 16.1 Å². The minimum atomic E-state index is -4.00. The fourth-order valence-corrected chi connectivity index (χ4v) is 4.23. The summed E-state index contributed by atoms with van der Waals surface area (Å²) in [5, 5.41) is 12.0. The maximum Gasteiger partial charge on any atom is 0.269 e. The van der Waals surface area contributed by atoms with Gasteiger partial charge in [-0.3, -0.25) is 14.9 Å². The number of carbonyl (C=O) groups is 1. The molecule has 1 N–H and O–H groups in total. The molecule has 150 valence electrons. The number of furan rings is 1. The van der Waals surface area contributed by atoms with Gasteiger partial charge in [-0.1, -0.05) is 0 Å². The summed E-state index contributed by atoms with van der Waals surface area (Å²) >= 11 is 0. The number of nitrogens with zero attached hydrogens (tertiary/aromatic N) is 1. The molecule has 0 saturated carbocycles. The topological polar surface area (TPSA) is 120 Å². The molecule has 2 aromatic carbocycles. The third-order valence-electron chi connectivity index (χ3n) is 4.17. The molecule has 3 aromatic rings. The fourth-order valence-electron chi connectivity index (χ4n) is 2.65. The van der Waals surface area contributed by atoms with Gasteiger partial charge in [-0.05, 0) is 48.5 Å². The van der Waals surface area contributed by atoms with E-state index in [1.54, 1.807) is 0 Å². The second-order valence-electron chi connectivity index (χ2n) is 6.02. The molecule has 1 heterocycles. The van der Waals surface area contributed by atoms with Crippen molar-refractivity contribution in [3.63, 3.8) is 0 Å². The number of sulfone groups is 1. The van der Waals surface area contributed by atoms with E-state index in [2.05, 4.69) is 5.32 Å². The van der Waals surface area contributed by atoms with E-state index in [0.717, 1.165) is 24.3 Å². The summed E-state index contributed by atoms with van der Waals surface area (Å²) in [5.74, 6) is -1.07. The van der Waals surface area contributed by atoms with Gasteiger partial charge in [0.15, 0.2) is 9.84 Å². The van der Waals surface area contributed by atoms with Crippen LogP contribution in [-0.2, 0) is 9.84 Å². The molecular formula is C19H15FN2O6S. The van der Waals surface area contributed by atoms with Crippen molar-refractivity contribution in [3.05, 3.63) is 94.2 Å². The van der Waals surface area contributed by atoms with E-state index in [-0.39, 0.29) is 28.5 Å². The van der Waals surface area contributed by atoms with Crippen LogP contribution in [0.2, 0.25) is 0 Å². The predicted molar refractivity (Wildman–Crippen MR) is 100 cm³/mol. The van der Waals surface area contributed by atoms with Gasteiger partial charge < -0.3 is 9.73 Å². The Kier molecular flexibility index (Phi) is 5.74. The number of nitro benzene ring substituents is 1. The summed E-state index contributed by atoms with van der Waals surface area (Å²) in [4.78, 5) is 22.3. The highest BCUT2D eigenvalue weighted by Gasteiger charge is 2.32. The molecule has 3 rings (SSSR count). The number of nitro groups is 1. The van der Waals surface area contributed by atoms with Crippen molar-refractivity contribution in [1.82, 2.24) is 5.32 Å². The van der Waals surface area contributed by atoms with Gasteiger partial charge in [0.2, 0.25) is 0 Å². The number of rotatable bonds is 7. The monoisotopic (exact) mass is 418 g/mol. The van der Waals surface area contributed by atoms with Crippen LogP contribution in [0.4, 0.5) is 10.1 Å². The summed E-state index contributed by atoms with van der Waals surface area (Å²) in [7, 11) is -4.00. The van der Waals surface area contributed by atoms with Crippen LogP contribution in [0, 0.1) is 15.9 Å². The summed E-state index contributed by atoms with van der Waals surface area (Å²) in [6.07, 6.45) is 1.31. The lowest BCUT2D eigenvalue weighted by atomic mass is 10.2. The lowest BCUT2D eigenvalue weighted by molar-refractivity contribution is -0.384. The van der Waals surface area contributed by atoms with E-state index in [1.165, 1.54) is 42.7 Å². The summed E-state index contributed by atoms with van der Waals surface area (Å²) in [6, 6.07) is 12.2. The molecule has 0 bridgehead atoms. The number of non-ortho nitro benzene ring substituents is 1. The van der Waals surface area contributed by atoms with Crippen molar-refractivity contribution in [3.8, 4) is 0 Å². The molecule has 0 aliphatic rings. The third-order valence-corrected chi connectivity index (χ3v) is 6.24. The van der Waals surface area contributed by atoms with E-state index >= 15 is 0 Å². The van der Waals surface area contributed by atoms with Gasteiger partial charge >= 0.3 is 0 Å². The number of carbonyl (C=O) groups excluding carboxylic acids is 1. The summed E-state index contributed by atoms with van der Waals surface area (Å²) in [6.45, 7) is -0.316. The molecule has 0 aliphatic heterocycles. The molecule has 0 spiro atoms. The quantitative estimate of drug-likeness (QED) is 0.357. The zero-order chi connectivity index (χ0) is 21.0. The predicted octanol–water partition coefficient (Wildman–Crippen LogP) is 3.27. The van der Waals surface area contributed by atoms with Crippen LogP contribution >= 0.6 is 0 Å². The summed E-state index contributed by atoms with van der Waals surface area (Å²) < 4.78 is 44.4. The average Bonchev–Trinajstić information content (AvgIpc) is 3.22. The fraction of sp³-hybridized carbons (Fsp3) is 0.105. The molecule has 0 unspecified atom stereocenters. The van der Waals surface area contributed by atoms with Crippen molar-refractivity contribution in [2.45, 2.75) is 10.1 Å². The Balaban J connectivity index is 1.82. The molecule has 0 fully saturated rings. The zero-order valence-corrected chi connectivity index (χ0v) is 15.6. The minimum absolute atomic E-state index is 0.110. The molecule has 1 atom stereocenters. The Morgan fingerprint density at radius 1 is 1.10 bits per heavy atom. The van der Waals surface area contributed by atoms with E-state index in [0.29, 0.717) is 0 Å². The largest absolute Gasteiger partial charge is 0.468 e. The Bertz CT molecular complexity index is 1110. The highest BCUT2D eigenvalue weighted by Crippen LogP contribution is 2.29. The van der Waals surface area contributed by atoms with Crippen LogP contribution in [0.3, 0.4) is 0 Å². The van der Waals surface area contributed by atoms with Crippen molar-refractivity contribution in [1.29, 1.82) is 0 Å². The first-order chi connectivity index (χ1) is 13.8. The van der Waals surface area contributed by atoms with Crippen LogP contribution in [0.25, 0.3) is 0 Å². The van der Waals surface area contributed by atoms with Gasteiger partial charge in [0.25, 0.3) is 11.6 Å². The number of amides is 1. The number of benzene rings is 2. The van der Waals surface area contributed by atoms with Gasteiger partial charge in [-0.25, -0.2) is 12.8 Å². The van der Waals surface area contributed by atoms with Crippen LogP contribution in [-0.4, -0.2) is 25.8 Å². The maximum absolute atomic E-state index is 13.2. The van der Waals surface area contributed by atoms with Crippen molar-refractivity contribution in [2.75, 3.05) is 6.54 Å². The lowest BCUT2D eigenvalue weighted by Crippen LogP contribution is -2.31. The smallest absolute Gasteiger partial charge is 0.269 e. The number of hydrogen-bond donors (Lipinski definition) is 1. The Morgan fingerprint density at radius 2 is 1.76 bits per heavy atom. The van der Waals surface area contributed by atoms with Crippen LogP contribution in [0.15, 0.2) is 76.2 Å². The molecular weight excluding hydrogens is 403 g/mol. The van der Waals surface area contributed by atoms with Gasteiger partial charge in [-0.2, -0.15) is 0 Å². The Hall–Kier alpha value is -3.53. The molecule has 8 nitrogen and oxygen atoms in total. The van der Waals surface area contributed by atoms with Gasteiger partial charge in [-0.15, -0.1) is 0 Å². The van der Waals surface area contributed by atoms with Gasteiger partial charge in [0, 0.05) is 24.2 Å². The molecule has 0 saturated heterocycles. The Morgan fingerprint density at radius 3 is 2.31 bits per heavy atom. The lowest BCUT2D eigenvalue weighted by Gasteiger charge is -2.17. The third kappa shape index (κ3) is 4.49. The van der Waals surface area contributed by atoms with E-state index < -0.39 is 31.7 Å². The first-order valence-electron chi connectivity index (χ1n) is 8.34. The average molecular weight is 418 g/mol. The first-order valence-corrected chi connectivity index (χ1v) is 9.89. The molecule has 10 heteroatoms. The zero-order valence-electron chi connectivity index (χ0n) is 14.8.